The molecule has 0 aromatic heterocycles. The van der Waals surface area contributed by atoms with Crippen LogP contribution in [0.5, 0.6) is 5.75 Å². The number of amides is 1. The van der Waals surface area contributed by atoms with Crippen molar-refractivity contribution in [2.45, 2.75) is 13.0 Å². The third kappa shape index (κ3) is 5.43. The molecule has 0 heterocycles. The van der Waals surface area contributed by atoms with Crippen molar-refractivity contribution in [3.8, 4) is 5.75 Å². The summed E-state index contributed by atoms with van der Waals surface area (Å²) in [6.45, 7) is 2.03. The van der Waals surface area contributed by atoms with Crippen LogP contribution in [0.25, 0.3) is 10.8 Å². The van der Waals surface area contributed by atoms with Crippen LogP contribution >= 0.6 is 11.6 Å². The van der Waals surface area contributed by atoms with Gasteiger partial charge in [0.1, 0.15) is 18.4 Å². The molecule has 30 heavy (non-hydrogen) atoms. The molecule has 8 heteroatoms. The predicted molar refractivity (Wildman–Crippen MR) is 121 cm³/mol. The Kier molecular flexibility index (Phi) is 6.84. The molecule has 0 spiro atoms. The Balaban J connectivity index is 1.59. The van der Waals surface area contributed by atoms with Crippen LogP contribution in [0.3, 0.4) is 0 Å². The molecule has 3 aromatic carbocycles. The summed E-state index contributed by atoms with van der Waals surface area (Å²) in [5.74, 6) is 0.273. The summed E-state index contributed by atoms with van der Waals surface area (Å²) in [6.07, 6.45) is 1.06. The molecule has 1 amide bonds. The van der Waals surface area contributed by atoms with E-state index in [0.29, 0.717) is 16.5 Å². The normalized spacial score (nSPS) is 12.4. The number of nitrogens with one attached hydrogen (secondary N) is 1. The van der Waals surface area contributed by atoms with Crippen LogP contribution in [-0.4, -0.2) is 39.8 Å². The molecule has 6 nitrogen and oxygen atoms in total. The molecule has 0 bridgehead atoms. The quantitative estimate of drug-likeness (QED) is 0.533. The lowest BCUT2D eigenvalue weighted by molar-refractivity contribution is -0.121. The van der Waals surface area contributed by atoms with Gasteiger partial charge in [0.15, 0.2) is 0 Å². The van der Waals surface area contributed by atoms with Gasteiger partial charge in [-0.1, -0.05) is 48.0 Å². The van der Waals surface area contributed by atoms with Gasteiger partial charge in [0.2, 0.25) is 15.9 Å². The number of hydrogen-bond acceptors (Lipinski definition) is 4. The first-order chi connectivity index (χ1) is 14.3. The largest absolute Gasteiger partial charge is 0.492 e. The zero-order valence-electron chi connectivity index (χ0n) is 16.7. The summed E-state index contributed by atoms with van der Waals surface area (Å²) in [7, 11) is -3.69. The molecule has 0 fully saturated rings. The molecule has 0 aliphatic heterocycles. The van der Waals surface area contributed by atoms with Crippen molar-refractivity contribution in [3.63, 3.8) is 0 Å². The number of halogens is 1. The van der Waals surface area contributed by atoms with E-state index in [4.69, 9.17) is 16.3 Å². The number of fused-ring (bicyclic) bond motifs is 1. The van der Waals surface area contributed by atoms with E-state index in [2.05, 4.69) is 5.32 Å². The Morgan fingerprint density at radius 3 is 2.50 bits per heavy atom. The lowest BCUT2D eigenvalue weighted by atomic mass is 10.1. The zero-order chi connectivity index (χ0) is 21.7. The summed E-state index contributed by atoms with van der Waals surface area (Å²) < 4.78 is 31.3. The van der Waals surface area contributed by atoms with Crippen LogP contribution in [0.15, 0.2) is 66.7 Å². The first-order valence-electron chi connectivity index (χ1n) is 9.40. The molecule has 0 saturated heterocycles. The van der Waals surface area contributed by atoms with Crippen molar-refractivity contribution in [2.75, 3.05) is 23.7 Å². The van der Waals surface area contributed by atoms with Crippen LogP contribution in [0.2, 0.25) is 5.02 Å². The second-order valence-corrected chi connectivity index (χ2v) is 9.16. The Morgan fingerprint density at radius 2 is 1.80 bits per heavy atom. The van der Waals surface area contributed by atoms with Gasteiger partial charge in [0.25, 0.3) is 0 Å². The standard InChI is InChI=1S/C22H23ClN2O4S/c1-16(25(30(2,27)28)20-9-5-8-19(23)15-20)22(26)24-12-13-29-21-11-10-17-6-3-4-7-18(17)14-21/h3-11,14-16H,12-13H2,1-2H3,(H,24,26). The number of carbonyl (C=O) groups is 1. The lowest BCUT2D eigenvalue weighted by Gasteiger charge is -2.28. The monoisotopic (exact) mass is 446 g/mol. The van der Waals surface area contributed by atoms with Crippen LogP contribution < -0.4 is 14.4 Å². The Morgan fingerprint density at radius 1 is 1.07 bits per heavy atom. The minimum absolute atomic E-state index is 0.239. The molecular formula is C22H23ClN2O4S. The highest BCUT2D eigenvalue weighted by atomic mass is 35.5. The molecule has 1 atom stereocenters. The number of rotatable bonds is 8. The van der Waals surface area contributed by atoms with E-state index in [9.17, 15) is 13.2 Å². The maximum absolute atomic E-state index is 12.6. The molecule has 0 radical (unpaired) electrons. The van der Waals surface area contributed by atoms with Gasteiger partial charge in [-0.05, 0) is 48.0 Å². The number of ether oxygens (including phenoxy) is 1. The number of nitrogens with zero attached hydrogens (tertiary/aromatic N) is 1. The second kappa shape index (κ2) is 9.36. The maximum Gasteiger partial charge on any atom is 0.243 e. The minimum Gasteiger partial charge on any atom is -0.492 e. The third-order valence-corrected chi connectivity index (χ3v) is 6.02. The Hall–Kier alpha value is -2.77. The van der Waals surface area contributed by atoms with E-state index >= 15 is 0 Å². The maximum atomic E-state index is 12.6. The van der Waals surface area contributed by atoms with Gasteiger partial charge < -0.3 is 10.1 Å². The SMILES string of the molecule is CC(C(=O)NCCOc1ccc2ccccc2c1)N(c1cccc(Cl)c1)S(C)(=O)=O. The van der Waals surface area contributed by atoms with Gasteiger partial charge >= 0.3 is 0 Å². The summed E-state index contributed by atoms with van der Waals surface area (Å²) in [5, 5.41) is 5.30. The highest BCUT2D eigenvalue weighted by Crippen LogP contribution is 2.24. The number of hydrogen-bond donors (Lipinski definition) is 1. The highest BCUT2D eigenvalue weighted by Gasteiger charge is 2.29. The molecular weight excluding hydrogens is 424 g/mol. The Labute approximate surface area is 181 Å². The van der Waals surface area contributed by atoms with E-state index in [1.165, 1.54) is 13.0 Å². The third-order valence-electron chi connectivity index (χ3n) is 4.54. The fourth-order valence-electron chi connectivity index (χ4n) is 3.17. The molecule has 3 aromatic rings. The fraction of sp³-hybridized carbons (Fsp3) is 0.227. The van der Waals surface area contributed by atoms with Gasteiger partial charge in [-0.15, -0.1) is 0 Å². The number of sulfonamides is 1. The molecule has 1 unspecified atom stereocenters. The molecule has 1 N–H and O–H groups in total. The van der Waals surface area contributed by atoms with Crippen molar-refractivity contribution < 1.29 is 17.9 Å². The first kappa shape index (κ1) is 21.9. The number of benzene rings is 3. The van der Waals surface area contributed by atoms with E-state index in [-0.39, 0.29) is 13.2 Å². The first-order valence-corrected chi connectivity index (χ1v) is 11.6. The molecule has 0 aliphatic rings. The van der Waals surface area contributed by atoms with Gasteiger partial charge in [-0.25, -0.2) is 8.42 Å². The summed E-state index contributed by atoms with van der Waals surface area (Å²) in [5.41, 5.74) is 0.333. The van der Waals surface area contributed by atoms with Crippen molar-refractivity contribution in [1.82, 2.24) is 5.32 Å². The van der Waals surface area contributed by atoms with E-state index in [1.807, 2.05) is 42.5 Å². The topological polar surface area (TPSA) is 75.7 Å². The van der Waals surface area contributed by atoms with E-state index < -0.39 is 22.0 Å². The zero-order valence-corrected chi connectivity index (χ0v) is 18.3. The fourth-order valence-corrected chi connectivity index (χ4v) is 4.52. The summed E-state index contributed by atoms with van der Waals surface area (Å²) in [4.78, 5) is 12.6. The van der Waals surface area contributed by atoms with Crippen molar-refractivity contribution in [3.05, 3.63) is 71.8 Å². The molecule has 158 valence electrons. The van der Waals surface area contributed by atoms with Crippen LogP contribution in [0.4, 0.5) is 5.69 Å². The van der Waals surface area contributed by atoms with Crippen molar-refractivity contribution in [2.24, 2.45) is 0 Å². The van der Waals surface area contributed by atoms with Crippen LogP contribution in [-0.2, 0) is 14.8 Å². The summed E-state index contributed by atoms with van der Waals surface area (Å²) >= 11 is 5.98. The summed E-state index contributed by atoms with van der Waals surface area (Å²) in [6, 6.07) is 19.2. The average molecular weight is 447 g/mol. The van der Waals surface area contributed by atoms with Gasteiger partial charge in [-0.3, -0.25) is 9.10 Å². The van der Waals surface area contributed by atoms with Gasteiger partial charge in [-0.2, -0.15) is 0 Å². The average Bonchev–Trinajstić information content (AvgIpc) is 2.70. The second-order valence-electron chi connectivity index (χ2n) is 6.86. The smallest absolute Gasteiger partial charge is 0.243 e. The van der Waals surface area contributed by atoms with Crippen LogP contribution in [0, 0.1) is 0 Å². The number of anilines is 1. The number of carbonyl (C=O) groups excluding carboxylic acids is 1. The van der Waals surface area contributed by atoms with Gasteiger partial charge in [0, 0.05) is 5.02 Å². The van der Waals surface area contributed by atoms with Gasteiger partial charge in [0.05, 0.1) is 18.5 Å². The van der Waals surface area contributed by atoms with Crippen LogP contribution in [0.1, 0.15) is 6.92 Å². The van der Waals surface area contributed by atoms with E-state index in [1.54, 1.807) is 18.2 Å². The minimum atomic E-state index is -3.69. The predicted octanol–water partition coefficient (Wildman–Crippen LogP) is 3.84. The highest BCUT2D eigenvalue weighted by molar-refractivity contribution is 7.92. The lowest BCUT2D eigenvalue weighted by Crippen LogP contribution is -2.48. The molecule has 3 rings (SSSR count). The molecule has 0 saturated carbocycles. The van der Waals surface area contributed by atoms with Crippen molar-refractivity contribution in [1.29, 1.82) is 0 Å². The Bertz CT molecular complexity index is 1150. The van der Waals surface area contributed by atoms with Crippen molar-refractivity contribution >= 4 is 44.0 Å². The molecule has 0 aliphatic carbocycles. The van der Waals surface area contributed by atoms with E-state index in [0.717, 1.165) is 21.3 Å².